The van der Waals surface area contributed by atoms with Crippen molar-refractivity contribution >= 4 is 23.5 Å². The van der Waals surface area contributed by atoms with Crippen LogP contribution in [0, 0.1) is 6.92 Å². The predicted octanol–water partition coefficient (Wildman–Crippen LogP) is 6.53. The summed E-state index contributed by atoms with van der Waals surface area (Å²) < 4.78 is 11.8. The fourth-order valence-corrected chi connectivity index (χ4v) is 3.33. The van der Waals surface area contributed by atoms with Gasteiger partial charge in [-0.3, -0.25) is 0 Å². The fraction of sp³-hybridized carbons (Fsp3) is 0.0345. The summed E-state index contributed by atoms with van der Waals surface area (Å²) in [6.07, 6.45) is 0. The maximum atomic E-state index is 13.0. The highest BCUT2D eigenvalue weighted by atomic mass is 16.6. The molecule has 0 atom stereocenters. The molecule has 33 heavy (non-hydrogen) atoms. The highest BCUT2D eigenvalue weighted by molar-refractivity contribution is 6.00. The molecule has 4 aromatic rings. The van der Waals surface area contributed by atoms with Crippen LogP contribution in [0.3, 0.4) is 0 Å². The SMILES string of the molecule is Cc1ccccc1/C(OC(=O)c1ccccc1)=C(\OC(=O)c1ccccc1)c1ccccc1. The first kappa shape index (κ1) is 21.8. The second-order valence-electron chi connectivity index (χ2n) is 7.35. The summed E-state index contributed by atoms with van der Waals surface area (Å²) in [6, 6.07) is 34.0. The first-order chi connectivity index (χ1) is 16.1. The van der Waals surface area contributed by atoms with E-state index in [9.17, 15) is 9.59 Å². The molecular weight excluding hydrogens is 412 g/mol. The molecular formula is C29H22O4. The van der Waals surface area contributed by atoms with Crippen molar-refractivity contribution < 1.29 is 19.1 Å². The minimum absolute atomic E-state index is 0.169. The van der Waals surface area contributed by atoms with Gasteiger partial charge in [0.2, 0.25) is 0 Å². The van der Waals surface area contributed by atoms with Gasteiger partial charge in [-0.1, -0.05) is 91.0 Å². The molecule has 0 fully saturated rings. The Kier molecular flexibility index (Phi) is 6.76. The molecule has 0 radical (unpaired) electrons. The van der Waals surface area contributed by atoms with E-state index < -0.39 is 11.9 Å². The van der Waals surface area contributed by atoms with Crippen LogP contribution in [0.25, 0.3) is 11.5 Å². The van der Waals surface area contributed by atoms with E-state index in [-0.39, 0.29) is 11.5 Å². The van der Waals surface area contributed by atoms with E-state index in [0.29, 0.717) is 22.3 Å². The van der Waals surface area contributed by atoms with Crippen LogP contribution in [0.2, 0.25) is 0 Å². The molecule has 0 aliphatic rings. The third kappa shape index (κ3) is 5.25. The quantitative estimate of drug-likeness (QED) is 0.197. The molecule has 0 saturated heterocycles. The fourth-order valence-electron chi connectivity index (χ4n) is 3.33. The molecule has 0 N–H and O–H groups in total. The highest BCUT2D eigenvalue weighted by Gasteiger charge is 2.23. The Morgan fingerprint density at radius 2 is 0.879 bits per heavy atom. The lowest BCUT2D eigenvalue weighted by Crippen LogP contribution is -2.11. The number of hydrogen-bond donors (Lipinski definition) is 0. The van der Waals surface area contributed by atoms with Crippen LogP contribution in [-0.2, 0) is 9.47 Å². The third-order valence-electron chi connectivity index (χ3n) is 5.04. The van der Waals surface area contributed by atoms with Crippen LogP contribution in [0.5, 0.6) is 0 Å². The van der Waals surface area contributed by atoms with Gasteiger partial charge in [0.05, 0.1) is 11.1 Å². The van der Waals surface area contributed by atoms with Crippen molar-refractivity contribution in [3.63, 3.8) is 0 Å². The van der Waals surface area contributed by atoms with Crippen LogP contribution >= 0.6 is 0 Å². The van der Waals surface area contributed by atoms with Crippen LogP contribution in [0.4, 0.5) is 0 Å². The Morgan fingerprint density at radius 1 is 0.485 bits per heavy atom. The number of benzene rings is 4. The summed E-state index contributed by atoms with van der Waals surface area (Å²) in [6.45, 7) is 1.91. The van der Waals surface area contributed by atoms with Gasteiger partial charge in [0, 0.05) is 11.1 Å². The molecule has 0 amide bonds. The average Bonchev–Trinajstić information content (AvgIpc) is 2.88. The number of hydrogen-bond acceptors (Lipinski definition) is 4. The van der Waals surface area contributed by atoms with Gasteiger partial charge in [0.15, 0.2) is 11.5 Å². The summed E-state index contributed by atoms with van der Waals surface area (Å²) in [5.41, 5.74) is 2.93. The van der Waals surface area contributed by atoms with E-state index in [1.807, 2.05) is 73.7 Å². The van der Waals surface area contributed by atoms with E-state index in [1.165, 1.54) is 0 Å². The van der Waals surface area contributed by atoms with Gasteiger partial charge in [0.1, 0.15) is 0 Å². The molecule has 4 rings (SSSR count). The molecule has 162 valence electrons. The standard InChI is InChI=1S/C29H22O4/c1-21-13-11-12-20-25(21)27(33-29(31)24-18-9-4-10-19-24)26(22-14-5-2-6-15-22)32-28(30)23-16-7-3-8-17-23/h2-20H,1H3/b27-26+. The average molecular weight is 434 g/mol. The summed E-state index contributed by atoms with van der Waals surface area (Å²) in [5.74, 6) is -0.741. The Morgan fingerprint density at radius 3 is 1.36 bits per heavy atom. The van der Waals surface area contributed by atoms with Crippen molar-refractivity contribution in [2.45, 2.75) is 6.92 Å². The number of aryl methyl sites for hydroxylation is 1. The van der Waals surface area contributed by atoms with Gasteiger partial charge in [-0.15, -0.1) is 0 Å². The number of carbonyl (C=O) groups excluding carboxylic acids is 2. The number of ether oxygens (including phenoxy) is 2. The van der Waals surface area contributed by atoms with E-state index in [1.54, 1.807) is 48.5 Å². The van der Waals surface area contributed by atoms with Crippen molar-refractivity contribution in [1.82, 2.24) is 0 Å². The molecule has 0 unspecified atom stereocenters. The number of esters is 2. The van der Waals surface area contributed by atoms with Crippen molar-refractivity contribution in [2.24, 2.45) is 0 Å². The number of rotatable bonds is 6. The molecule has 0 heterocycles. The second kappa shape index (κ2) is 10.2. The largest absolute Gasteiger partial charge is 0.418 e. The van der Waals surface area contributed by atoms with Gasteiger partial charge in [-0.2, -0.15) is 0 Å². The van der Waals surface area contributed by atoms with Crippen LogP contribution in [0.15, 0.2) is 115 Å². The van der Waals surface area contributed by atoms with Gasteiger partial charge >= 0.3 is 11.9 Å². The van der Waals surface area contributed by atoms with Gasteiger partial charge in [-0.25, -0.2) is 9.59 Å². The van der Waals surface area contributed by atoms with Crippen molar-refractivity contribution in [3.05, 3.63) is 143 Å². The lowest BCUT2D eigenvalue weighted by molar-refractivity contribution is 0.0646. The van der Waals surface area contributed by atoms with Crippen LogP contribution in [0.1, 0.15) is 37.4 Å². The molecule has 4 aromatic carbocycles. The zero-order valence-electron chi connectivity index (χ0n) is 18.1. The Labute approximate surface area is 192 Å². The summed E-state index contributed by atoms with van der Waals surface area (Å²) in [5, 5.41) is 0. The van der Waals surface area contributed by atoms with E-state index in [2.05, 4.69) is 0 Å². The number of carbonyl (C=O) groups is 2. The zero-order chi connectivity index (χ0) is 23.0. The lowest BCUT2D eigenvalue weighted by atomic mass is 10.0. The topological polar surface area (TPSA) is 52.6 Å². The van der Waals surface area contributed by atoms with E-state index in [0.717, 1.165) is 5.56 Å². The Hall–Kier alpha value is -4.44. The zero-order valence-corrected chi connectivity index (χ0v) is 18.1. The first-order valence-electron chi connectivity index (χ1n) is 10.5. The monoisotopic (exact) mass is 434 g/mol. The summed E-state index contributed by atoms with van der Waals surface area (Å²) in [4.78, 5) is 26.0. The van der Waals surface area contributed by atoms with E-state index >= 15 is 0 Å². The minimum Gasteiger partial charge on any atom is -0.418 e. The van der Waals surface area contributed by atoms with Crippen molar-refractivity contribution in [1.29, 1.82) is 0 Å². The first-order valence-corrected chi connectivity index (χ1v) is 10.5. The van der Waals surface area contributed by atoms with Crippen molar-refractivity contribution in [3.8, 4) is 0 Å². The molecule has 0 aliphatic carbocycles. The smallest absolute Gasteiger partial charge is 0.343 e. The molecule has 0 aromatic heterocycles. The predicted molar refractivity (Wildman–Crippen MR) is 128 cm³/mol. The maximum Gasteiger partial charge on any atom is 0.343 e. The maximum absolute atomic E-state index is 13.0. The summed E-state index contributed by atoms with van der Waals surface area (Å²) >= 11 is 0. The highest BCUT2D eigenvalue weighted by Crippen LogP contribution is 2.32. The lowest BCUT2D eigenvalue weighted by Gasteiger charge is -2.17. The molecule has 0 aliphatic heterocycles. The van der Waals surface area contributed by atoms with E-state index in [4.69, 9.17) is 9.47 Å². The molecule has 0 bridgehead atoms. The molecule has 4 heteroatoms. The minimum atomic E-state index is -0.545. The van der Waals surface area contributed by atoms with Gasteiger partial charge in [0.25, 0.3) is 0 Å². The molecule has 0 saturated carbocycles. The van der Waals surface area contributed by atoms with Crippen molar-refractivity contribution in [2.75, 3.05) is 0 Å². The third-order valence-corrected chi connectivity index (χ3v) is 5.04. The Bertz CT molecular complexity index is 1280. The molecule has 0 spiro atoms. The van der Waals surface area contributed by atoms with Gasteiger partial charge < -0.3 is 9.47 Å². The van der Waals surface area contributed by atoms with Crippen LogP contribution < -0.4 is 0 Å². The molecule has 4 nitrogen and oxygen atoms in total. The summed E-state index contributed by atoms with van der Waals surface area (Å²) in [7, 11) is 0. The second-order valence-corrected chi connectivity index (χ2v) is 7.35. The Balaban J connectivity index is 1.87. The van der Waals surface area contributed by atoms with Crippen LogP contribution in [-0.4, -0.2) is 11.9 Å². The normalized spacial score (nSPS) is 11.3. The van der Waals surface area contributed by atoms with Gasteiger partial charge in [-0.05, 0) is 36.8 Å².